The van der Waals surface area contributed by atoms with E-state index < -0.39 is 5.54 Å². The van der Waals surface area contributed by atoms with Crippen molar-refractivity contribution in [3.63, 3.8) is 0 Å². The summed E-state index contributed by atoms with van der Waals surface area (Å²) in [5, 5.41) is 12.6. The summed E-state index contributed by atoms with van der Waals surface area (Å²) in [6, 6.07) is 3.27. The molecule has 0 fully saturated rings. The van der Waals surface area contributed by atoms with Crippen LogP contribution in [0, 0.1) is 11.3 Å². The van der Waals surface area contributed by atoms with Crippen molar-refractivity contribution in [2.24, 2.45) is 0 Å². The lowest BCUT2D eigenvalue weighted by atomic mass is 10.0. The Morgan fingerprint density at radius 3 is 2.19 bits per heavy atom. The van der Waals surface area contributed by atoms with Gasteiger partial charge >= 0.3 is 0 Å². The van der Waals surface area contributed by atoms with Gasteiger partial charge < -0.3 is 0 Å². The molecule has 94 valence electrons. The van der Waals surface area contributed by atoms with Crippen LogP contribution in [0.15, 0.2) is 0 Å². The number of rotatable bonds is 7. The van der Waals surface area contributed by atoms with E-state index in [0.29, 0.717) is 12.1 Å². The highest BCUT2D eigenvalue weighted by Gasteiger charge is 2.28. The van der Waals surface area contributed by atoms with Crippen molar-refractivity contribution in [2.45, 2.75) is 65.6 Å². The lowest BCUT2D eigenvalue weighted by molar-refractivity contribution is 0.170. The first-order valence-corrected chi connectivity index (χ1v) is 6.31. The Hall–Kier alpha value is -0.590. The summed E-state index contributed by atoms with van der Waals surface area (Å²) in [4.78, 5) is 2.36. The van der Waals surface area contributed by atoms with Gasteiger partial charge in [0.15, 0.2) is 0 Å². The van der Waals surface area contributed by atoms with Gasteiger partial charge in [-0.3, -0.25) is 10.2 Å². The second-order valence-corrected chi connectivity index (χ2v) is 5.06. The van der Waals surface area contributed by atoms with Crippen LogP contribution in [0.25, 0.3) is 0 Å². The molecule has 0 aliphatic rings. The van der Waals surface area contributed by atoms with Gasteiger partial charge in [-0.25, -0.2) is 0 Å². The summed E-state index contributed by atoms with van der Waals surface area (Å²) in [6.45, 7) is 14.5. The van der Waals surface area contributed by atoms with Crippen LogP contribution in [0.3, 0.4) is 0 Å². The fraction of sp³-hybridized carbons (Fsp3) is 0.923. The van der Waals surface area contributed by atoms with Crippen molar-refractivity contribution in [3.05, 3.63) is 0 Å². The summed E-state index contributed by atoms with van der Waals surface area (Å²) in [5.74, 6) is 0. The van der Waals surface area contributed by atoms with Gasteiger partial charge in [-0.15, -0.1) is 0 Å². The number of nitrogens with zero attached hydrogens (tertiary/aromatic N) is 2. The molecule has 3 heteroatoms. The summed E-state index contributed by atoms with van der Waals surface area (Å²) in [5.41, 5.74) is -0.451. The van der Waals surface area contributed by atoms with Crippen LogP contribution in [-0.2, 0) is 0 Å². The molecule has 0 bridgehead atoms. The summed E-state index contributed by atoms with van der Waals surface area (Å²) in [7, 11) is 0. The zero-order valence-electron chi connectivity index (χ0n) is 11.7. The van der Waals surface area contributed by atoms with Gasteiger partial charge in [0, 0.05) is 18.6 Å². The largest absolute Gasteiger partial charge is 0.298 e. The normalized spacial score (nSPS) is 17.2. The summed E-state index contributed by atoms with van der Waals surface area (Å²) in [6.07, 6.45) is 1.12. The number of hydrogen-bond acceptors (Lipinski definition) is 3. The minimum Gasteiger partial charge on any atom is -0.298 e. The molecular formula is C13H27N3. The molecule has 0 saturated carbocycles. The molecule has 0 spiro atoms. The zero-order chi connectivity index (χ0) is 12.8. The highest BCUT2D eigenvalue weighted by atomic mass is 15.2. The van der Waals surface area contributed by atoms with E-state index in [1.807, 2.05) is 6.92 Å². The summed E-state index contributed by atoms with van der Waals surface area (Å²) < 4.78 is 0. The van der Waals surface area contributed by atoms with E-state index >= 15 is 0 Å². The highest BCUT2D eigenvalue weighted by Crippen LogP contribution is 2.11. The Morgan fingerprint density at radius 1 is 1.31 bits per heavy atom. The third-order valence-electron chi connectivity index (χ3n) is 2.99. The lowest BCUT2D eigenvalue weighted by Crippen LogP contribution is -2.54. The molecule has 0 aliphatic carbocycles. The molecule has 0 heterocycles. The van der Waals surface area contributed by atoms with E-state index in [1.54, 1.807) is 0 Å². The van der Waals surface area contributed by atoms with Crippen LogP contribution in [0.2, 0.25) is 0 Å². The van der Waals surface area contributed by atoms with Crippen LogP contribution in [-0.4, -0.2) is 35.6 Å². The molecule has 2 atom stereocenters. The van der Waals surface area contributed by atoms with Crippen LogP contribution in [0.5, 0.6) is 0 Å². The number of nitrogens with one attached hydrogen (secondary N) is 1. The minimum atomic E-state index is -0.451. The molecule has 0 amide bonds. The maximum atomic E-state index is 9.29. The second kappa shape index (κ2) is 6.88. The van der Waals surface area contributed by atoms with Gasteiger partial charge in [0.25, 0.3) is 0 Å². The van der Waals surface area contributed by atoms with Crippen LogP contribution in [0.4, 0.5) is 0 Å². The third kappa shape index (κ3) is 4.96. The van der Waals surface area contributed by atoms with E-state index in [0.717, 1.165) is 19.5 Å². The molecule has 1 N–H and O–H groups in total. The third-order valence-corrected chi connectivity index (χ3v) is 2.99. The lowest BCUT2D eigenvalue weighted by Gasteiger charge is -2.35. The SMILES string of the molecule is CCC(C)N(CC)CC(C)(C#N)NC(C)C. The Morgan fingerprint density at radius 2 is 1.88 bits per heavy atom. The molecule has 2 unspecified atom stereocenters. The molecule has 0 aromatic rings. The smallest absolute Gasteiger partial charge is 0.116 e. The molecule has 0 saturated heterocycles. The van der Waals surface area contributed by atoms with Gasteiger partial charge in [0.1, 0.15) is 5.54 Å². The van der Waals surface area contributed by atoms with Crippen molar-refractivity contribution in [2.75, 3.05) is 13.1 Å². The number of hydrogen-bond donors (Lipinski definition) is 1. The first-order valence-electron chi connectivity index (χ1n) is 6.31. The monoisotopic (exact) mass is 225 g/mol. The highest BCUT2D eigenvalue weighted by molar-refractivity contribution is 5.06. The van der Waals surface area contributed by atoms with Gasteiger partial charge in [0.05, 0.1) is 6.07 Å². The molecule has 16 heavy (non-hydrogen) atoms. The molecule has 3 nitrogen and oxygen atoms in total. The molecular weight excluding hydrogens is 198 g/mol. The van der Waals surface area contributed by atoms with Crippen LogP contribution in [0.1, 0.15) is 48.0 Å². The average Bonchev–Trinajstić information content (AvgIpc) is 2.24. The van der Waals surface area contributed by atoms with E-state index in [4.69, 9.17) is 0 Å². The van der Waals surface area contributed by atoms with E-state index in [1.165, 1.54) is 0 Å². The standard InChI is InChI=1S/C13H27N3/c1-7-12(5)16(8-2)10-13(6,9-14)15-11(3)4/h11-12,15H,7-8,10H2,1-6H3. The zero-order valence-corrected chi connectivity index (χ0v) is 11.7. The van der Waals surface area contributed by atoms with E-state index in [-0.39, 0.29) is 0 Å². The molecule has 0 aliphatic heterocycles. The minimum absolute atomic E-state index is 0.334. The molecule has 0 radical (unpaired) electrons. The Kier molecular flexibility index (Phi) is 6.62. The first kappa shape index (κ1) is 15.4. The van der Waals surface area contributed by atoms with E-state index in [9.17, 15) is 5.26 Å². The Balaban J connectivity index is 4.56. The predicted molar refractivity (Wildman–Crippen MR) is 69.3 cm³/mol. The van der Waals surface area contributed by atoms with Crippen molar-refractivity contribution >= 4 is 0 Å². The average molecular weight is 225 g/mol. The van der Waals surface area contributed by atoms with Crippen molar-refractivity contribution in [1.82, 2.24) is 10.2 Å². The molecule has 0 aromatic carbocycles. The number of likely N-dealkylation sites (N-methyl/N-ethyl adjacent to an activating group) is 1. The fourth-order valence-electron chi connectivity index (χ4n) is 1.99. The predicted octanol–water partition coefficient (Wildman–Crippen LogP) is 2.39. The van der Waals surface area contributed by atoms with Crippen LogP contribution >= 0.6 is 0 Å². The summed E-state index contributed by atoms with van der Waals surface area (Å²) >= 11 is 0. The van der Waals surface area contributed by atoms with Gasteiger partial charge in [0.2, 0.25) is 0 Å². The Bertz CT molecular complexity index is 232. The van der Waals surface area contributed by atoms with Gasteiger partial charge in [-0.2, -0.15) is 5.26 Å². The van der Waals surface area contributed by atoms with Gasteiger partial charge in [-0.05, 0) is 40.7 Å². The fourth-order valence-corrected chi connectivity index (χ4v) is 1.99. The van der Waals surface area contributed by atoms with Crippen molar-refractivity contribution < 1.29 is 0 Å². The Labute approximate surface area is 101 Å². The molecule has 0 rings (SSSR count). The van der Waals surface area contributed by atoms with Crippen molar-refractivity contribution in [3.8, 4) is 6.07 Å². The quantitative estimate of drug-likeness (QED) is 0.723. The van der Waals surface area contributed by atoms with Crippen molar-refractivity contribution in [1.29, 1.82) is 5.26 Å². The second-order valence-electron chi connectivity index (χ2n) is 5.06. The maximum absolute atomic E-state index is 9.29. The molecule has 0 aromatic heterocycles. The van der Waals surface area contributed by atoms with E-state index in [2.05, 4.69) is 50.9 Å². The first-order chi connectivity index (χ1) is 7.38. The van der Waals surface area contributed by atoms with Gasteiger partial charge in [-0.1, -0.05) is 13.8 Å². The van der Waals surface area contributed by atoms with Crippen LogP contribution < -0.4 is 5.32 Å². The topological polar surface area (TPSA) is 39.1 Å². The number of nitriles is 1. The maximum Gasteiger partial charge on any atom is 0.116 e.